The van der Waals surface area contributed by atoms with E-state index in [1.165, 1.54) is 66.2 Å². The zero-order valence-electron chi connectivity index (χ0n) is 18.4. The van der Waals surface area contributed by atoms with Gasteiger partial charge in [0.15, 0.2) is 0 Å². The number of thiophene rings is 7. The molecule has 0 saturated heterocycles. The van der Waals surface area contributed by atoms with Gasteiger partial charge < -0.3 is 0 Å². The third kappa shape index (κ3) is 3.49. The SMILES string of the molecule is N#CC(C#N)=CCc1cc2sc3c(sc4c3sc3c5sc6cc(CC=C(C#N)C#N)sc6c5sc34)c2s1. The average Bonchev–Trinajstić information content (AvgIpc) is 3.71. The Labute approximate surface area is 237 Å². The first-order valence-corrected chi connectivity index (χ1v) is 16.5. The molecular formula is C26H8N4S7. The van der Waals surface area contributed by atoms with Crippen molar-refractivity contribution in [3.8, 4) is 24.3 Å². The second kappa shape index (κ2) is 8.74. The van der Waals surface area contributed by atoms with Gasteiger partial charge in [-0.1, -0.05) is 12.2 Å². The van der Waals surface area contributed by atoms with E-state index in [1.54, 1.807) is 34.8 Å². The quantitative estimate of drug-likeness (QED) is 0.188. The van der Waals surface area contributed by atoms with E-state index < -0.39 is 0 Å². The molecule has 0 aliphatic carbocycles. The molecule has 0 fully saturated rings. The first-order valence-electron chi connectivity index (χ1n) is 10.8. The molecule has 0 aliphatic rings. The lowest BCUT2D eigenvalue weighted by molar-refractivity contribution is 1.32. The molecule has 37 heavy (non-hydrogen) atoms. The fourth-order valence-corrected chi connectivity index (χ4v) is 14.7. The highest BCUT2D eigenvalue weighted by Crippen LogP contribution is 2.57. The molecule has 7 heterocycles. The Morgan fingerprint density at radius 1 is 0.486 bits per heavy atom. The second-order valence-electron chi connectivity index (χ2n) is 8.05. The summed E-state index contributed by atoms with van der Waals surface area (Å²) in [6, 6.07) is 12.1. The van der Waals surface area contributed by atoms with E-state index in [4.69, 9.17) is 21.0 Å². The Hall–Kier alpha value is -3.10. The molecule has 0 unspecified atom stereocenters. The minimum absolute atomic E-state index is 0.163. The summed E-state index contributed by atoms with van der Waals surface area (Å²) >= 11 is 12.9. The first kappa shape index (κ1) is 23.0. The molecule has 0 saturated carbocycles. The fourth-order valence-electron chi connectivity index (χ4n) is 4.25. The Bertz CT molecular complexity index is 2110. The highest BCUT2D eigenvalue weighted by Gasteiger charge is 2.23. The van der Waals surface area contributed by atoms with E-state index in [0.717, 1.165) is 0 Å². The molecule has 11 heteroatoms. The van der Waals surface area contributed by atoms with Gasteiger partial charge in [0.2, 0.25) is 0 Å². The maximum atomic E-state index is 8.99. The zero-order chi connectivity index (χ0) is 25.3. The van der Waals surface area contributed by atoms with Crippen LogP contribution >= 0.6 is 79.4 Å². The van der Waals surface area contributed by atoms with Crippen LogP contribution in [0.25, 0.3) is 56.4 Å². The lowest BCUT2D eigenvalue weighted by Gasteiger charge is -1.87. The van der Waals surface area contributed by atoms with Crippen LogP contribution in [-0.2, 0) is 12.8 Å². The van der Waals surface area contributed by atoms with Crippen LogP contribution in [0.3, 0.4) is 0 Å². The van der Waals surface area contributed by atoms with Crippen LogP contribution in [0.15, 0.2) is 35.4 Å². The fraction of sp³-hybridized carbons (Fsp3) is 0.0769. The zero-order valence-corrected chi connectivity index (χ0v) is 24.1. The van der Waals surface area contributed by atoms with Crippen molar-refractivity contribution in [2.24, 2.45) is 0 Å². The first-order chi connectivity index (χ1) is 18.1. The molecule has 7 rings (SSSR count). The summed E-state index contributed by atoms with van der Waals surface area (Å²) in [6.07, 6.45) is 4.64. The molecule has 0 spiro atoms. The predicted molar refractivity (Wildman–Crippen MR) is 163 cm³/mol. The maximum Gasteiger partial charge on any atom is 0.126 e. The standard InChI is InChI=1S/C26H8N4S7/c27-7-11(8-28)1-3-13-5-15-17(31-13)19-21(33-15)23-25(35-19)26-24(37-23)22-20(36-26)18-16(34-22)6-14(32-18)4-2-12(9-29)10-30/h1-2,5-6H,3-4H2. The van der Waals surface area contributed by atoms with Crippen molar-refractivity contribution in [1.29, 1.82) is 21.0 Å². The monoisotopic (exact) mass is 600 g/mol. The number of nitrogens with zero attached hydrogens (tertiary/aromatic N) is 4. The summed E-state index contributed by atoms with van der Waals surface area (Å²) in [5.74, 6) is 0. The van der Waals surface area contributed by atoms with Gasteiger partial charge in [0.1, 0.15) is 35.4 Å². The predicted octanol–water partition coefficient (Wildman–Crippen LogP) is 10.1. The van der Waals surface area contributed by atoms with E-state index in [2.05, 4.69) is 12.1 Å². The lowest BCUT2D eigenvalue weighted by Crippen LogP contribution is -1.76. The molecule has 0 aliphatic heterocycles. The third-order valence-corrected chi connectivity index (χ3v) is 15.6. The normalized spacial score (nSPS) is 11.4. The van der Waals surface area contributed by atoms with Gasteiger partial charge in [0.25, 0.3) is 0 Å². The van der Waals surface area contributed by atoms with Crippen molar-refractivity contribution in [2.45, 2.75) is 12.8 Å². The highest BCUT2D eigenvalue weighted by molar-refractivity contribution is 7.51. The van der Waals surface area contributed by atoms with Crippen LogP contribution in [0, 0.1) is 45.3 Å². The largest absolute Gasteiger partial charge is 0.192 e. The molecule has 0 N–H and O–H groups in total. The maximum absolute atomic E-state index is 8.99. The third-order valence-electron chi connectivity index (χ3n) is 5.89. The van der Waals surface area contributed by atoms with E-state index in [9.17, 15) is 0 Å². The van der Waals surface area contributed by atoms with Crippen molar-refractivity contribution in [2.75, 3.05) is 0 Å². The Morgan fingerprint density at radius 3 is 1.16 bits per heavy atom. The van der Waals surface area contributed by atoms with Crippen LogP contribution in [0.4, 0.5) is 0 Å². The van der Waals surface area contributed by atoms with E-state index in [1.807, 2.05) is 81.0 Å². The molecule has 174 valence electrons. The van der Waals surface area contributed by atoms with Gasteiger partial charge in [0, 0.05) is 32.0 Å². The van der Waals surface area contributed by atoms with Gasteiger partial charge in [-0.3, -0.25) is 0 Å². The van der Waals surface area contributed by atoms with Crippen LogP contribution in [-0.4, -0.2) is 0 Å². The summed E-state index contributed by atoms with van der Waals surface area (Å²) in [5, 5.41) is 36.0. The minimum Gasteiger partial charge on any atom is -0.192 e. The number of fused-ring (bicyclic) bond motifs is 11. The number of hydrogen-bond donors (Lipinski definition) is 0. The Kier molecular flexibility index (Phi) is 5.44. The Morgan fingerprint density at radius 2 is 0.811 bits per heavy atom. The molecule has 7 aromatic heterocycles. The smallest absolute Gasteiger partial charge is 0.126 e. The van der Waals surface area contributed by atoms with Gasteiger partial charge in [-0.15, -0.1) is 79.4 Å². The summed E-state index contributed by atoms with van der Waals surface area (Å²) in [5.41, 5.74) is 0.326. The molecule has 0 aromatic carbocycles. The van der Waals surface area contributed by atoms with Crippen molar-refractivity contribution in [3.05, 3.63) is 45.2 Å². The highest BCUT2D eigenvalue weighted by atomic mass is 32.1. The van der Waals surface area contributed by atoms with Crippen molar-refractivity contribution in [3.63, 3.8) is 0 Å². The average molecular weight is 601 g/mol. The van der Waals surface area contributed by atoms with Gasteiger partial charge in [-0.2, -0.15) is 21.0 Å². The summed E-state index contributed by atoms with van der Waals surface area (Å²) in [7, 11) is 0. The molecule has 0 amide bonds. The number of nitriles is 4. The van der Waals surface area contributed by atoms with E-state index in [0.29, 0.717) is 12.8 Å². The van der Waals surface area contributed by atoms with E-state index >= 15 is 0 Å². The van der Waals surface area contributed by atoms with Gasteiger partial charge in [-0.05, 0) is 12.1 Å². The number of allylic oxidation sites excluding steroid dienone is 4. The lowest BCUT2D eigenvalue weighted by atomic mass is 10.2. The van der Waals surface area contributed by atoms with Gasteiger partial charge in [0.05, 0.1) is 47.0 Å². The van der Waals surface area contributed by atoms with Crippen molar-refractivity contribution < 1.29 is 0 Å². The van der Waals surface area contributed by atoms with Crippen molar-refractivity contribution >= 4 is 136 Å². The van der Waals surface area contributed by atoms with Gasteiger partial charge >= 0.3 is 0 Å². The minimum atomic E-state index is 0.163. The number of hydrogen-bond acceptors (Lipinski definition) is 11. The Balaban J connectivity index is 1.32. The molecular weight excluding hydrogens is 593 g/mol. The number of rotatable bonds is 4. The van der Waals surface area contributed by atoms with Crippen LogP contribution in [0.2, 0.25) is 0 Å². The molecule has 0 bridgehead atoms. The summed E-state index contributed by atoms with van der Waals surface area (Å²) in [6.45, 7) is 0. The molecule has 0 radical (unpaired) electrons. The summed E-state index contributed by atoms with van der Waals surface area (Å²) < 4.78 is 16.2. The molecule has 7 aromatic rings. The van der Waals surface area contributed by atoms with Crippen molar-refractivity contribution in [1.82, 2.24) is 0 Å². The summed E-state index contributed by atoms with van der Waals surface area (Å²) in [4.78, 5) is 2.35. The van der Waals surface area contributed by atoms with Gasteiger partial charge in [-0.25, -0.2) is 0 Å². The molecule has 0 atom stereocenters. The van der Waals surface area contributed by atoms with Crippen LogP contribution in [0.5, 0.6) is 0 Å². The van der Waals surface area contributed by atoms with Crippen LogP contribution < -0.4 is 0 Å². The topological polar surface area (TPSA) is 95.2 Å². The van der Waals surface area contributed by atoms with E-state index in [-0.39, 0.29) is 11.1 Å². The molecule has 4 nitrogen and oxygen atoms in total. The second-order valence-corrected chi connectivity index (χ2v) is 15.5. The van der Waals surface area contributed by atoms with Crippen LogP contribution in [0.1, 0.15) is 9.75 Å².